The van der Waals surface area contributed by atoms with Crippen LogP contribution < -0.4 is 0 Å². The molecule has 0 fully saturated rings. The van der Waals surface area contributed by atoms with Crippen LogP contribution in [0.25, 0.3) is 22.5 Å². The normalized spacial score (nSPS) is 11.1. The number of hydrogen-bond acceptors (Lipinski definition) is 3. The molecule has 0 amide bonds. The molecule has 3 aromatic heterocycles. The Morgan fingerprint density at radius 2 is 1.88 bits per heavy atom. The summed E-state index contributed by atoms with van der Waals surface area (Å²) < 4.78 is 1.69. The molecule has 1 aromatic carbocycles. The molecule has 0 atom stereocenters. The maximum absolute atomic E-state index is 12.6. The lowest BCUT2D eigenvalue weighted by atomic mass is 10.1. The smallest absolute Gasteiger partial charge is 0.205 e. The summed E-state index contributed by atoms with van der Waals surface area (Å²) in [6.07, 6.45) is 8.58. The molecule has 0 aliphatic rings. The van der Waals surface area contributed by atoms with E-state index in [2.05, 4.69) is 9.97 Å². The number of hydrogen-bond donors (Lipinski definition) is 0. The fraction of sp³-hybridized carbons (Fsp3) is 0. The van der Waals surface area contributed by atoms with Gasteiger partial charge in [-0.15, -0.1) is 12.4 Å². The van der Waals surface area contributed by atoms with Gasteiger partial charge >= 0.3 is 0 Å². The van der Waals surface area contributed by atoms with E-state index < -0.39 is 0 Å². The standard InChI is InChI=1S/C19H12ClN3O.ClH/c20-19-18(23-10-4-3-7-17(23)22-19)16(24)9-8-14-12-21-11-13-5-1-2-6-15(13)14;/h1-12H;1H/b9-8+;. The molecular formula is C19H13Cl2N3O. The number of nitrogens with zero attached hydrogens (tertiary/aromatic N) is 3. The molecule has 4 rings (SSSR count). The van der Waals surface area contributed by atoms with E-state index in [4.69, 9.17) is 11.6 Å². The molecule has 0 saturated carbocycles. The van der Waals surface area contributed by atoms with Crippen molar-refractivity contribution in [3.63, 3.8) is 0 Å². The van der Waals surface area contributed by atoms with Gasteiger partial charge in [-0.2, -0.15) is 0 Å². The number of imidazole rings is 1. The number of ketones is 1. The van der Waals surface area contributed by atoms with Crippen LogP contribution in [0, 0.1) is 0 Å². The minimum atomic E-state index is -0.202. The van der Waals surface area contributed by atoms with Gasteiger partial charge in [-0.05, 0) is 29.7 Å². The van der Waals surface area contributed by atoms with Crippen LogP contribution in [0.1, 0.15) is 16.1 Å². The number of benzene rings is 1. The van der Waals surface area contributed by atoms with E-state index in [-0.39, 0.29) is 23.3 Å². The minimum Gasteiger partial charge on any atom is -0.295 e. The number of fused-ring (bicyclic) bond motifs is 2. The molecule has 3 heterocycles. The summed E-state index contributed by atoms with van der Waals surface area (Å²) in [5.74, 6) is -0.202. The Kier molecular flexibility index (Phi) is 4.83. The number of allylic oxidation sites excluding steroid dienone is 1. The summed E-state index contributed by atoms with van der Waals surface area (Å²) in [7, 11) is 0. The Balaban J connectivity index is 0.00000182. The molecule has 0 aliphatic carbocycles. The highest BCUT2D eigenvalue weighted by atomic mass is 35.5. The highest BCUT2D eigenvalue weighted by Gasteiger charge is 2.15. The average Bonchev–Trinajstić information content (AvgIpc) is 2.95. The van der Waals surface area contributed by atoms with Gasteiger partial charge in [-0.1, -0.05) is 41.9 Å². The number of halogens is 2. The largest absolute Gasteiger partial charge is 0.295 e. The molecule has 0 unspecified atom stereocenters. The van der Waals surface area contributed by atoms with Crippen molar-refractivity contribution < 1.29 is 4.79 Å². The first kappa shape index (κ1) is 17.1. The third-order valence-electron chi connectivity index (χ3n) is 3.83. The topological polar surface area (TPSA) is 47.3 Å². The van der Waals surface area contributed by atoms with Gasteiger partial charge < -0.3 is 0 Å². The van der Waals surface area contributed by atoms with Crippen LogP contribution in [0.2, 0.25) is 5.15 Å². The molecular weight excluding hydrogens is 357 g/mol. The van der Waals surface area contributed by atoms with Crippen LogP contribution in [0.15, 0.2) is 67.1 Å². The lowest BCUT2D eigenvalue weighted by molar-refractivity contribution is 0.104. The van der Waals surface area contributed by atoms with Crippen LogP contribution in [0.3, 0.4) is 0 Å². The van der Waals surface area contributed by atoms with E-state index in [1.54, 1.807) is 35.1 Å². The average molecular weight is 370 g/mol. The minimum absolute atomic E-state index is 0. The van der Waals surface area contributed by atoms with Gasteiger partial charge in [0, 0.05) is 29.5 Å². The van der Waals surface area contributed by atoms with E-state index in [0.717, 1.165) is 16.3 Å². The molecule has 0 N–H and O–H groups in total. The Hall–Kier alpha value is -2.69. The van der Waals surface area contributed by atoms with Crippen LogP contribution >= 0.6 is 24.0 Å². The second kappa shape index (κ2) is 7.05. The van der Waals surface area contributed by atoms with Crippen LogP contribution in [-0.4, -0.2) is 20.2 Å². The van der Waals surface area contributed by atoms with Crippen molar-refractivity contribution >= 4 is 52.3 Å². The predicted octanol–water partition coefficient (Wildman–Crippen LogP) is 4.85. The maximum Gasteiger partial charge on any atom is 0.205 e. The van der Waals surface area contributed by atoms with Gasteiger partial charge in [0.05, 0.1) is 0 Å². The van der Waals surface area contributed by atoms with E-state index in [1.807, 2.05) is 36.4 Å². The Morgan fingerprint density at radius 3 is 2.76 bits per heavy atom. The van der Waals surface area contributed by atoms with Gasteiger partial charge in [0.25, 0.3) is 0 Å². The monoisotopic (exact) mass is 369 g/mol. The fourth-order valence-corrected chi connectivity index (χ4v) is 2.98. The molecule has 124 valence electrons. The number of carbonyl (C=O) groups excluding carboxylic acids is 1. The Morgan fingerprint density at radius 1 is 1.08 bits per heavy atom. The molecule has 25 heavy (non-hydrogen) atoms. The van der Waals surface area contributed by atoms with Gasteiger partial charge in [0.15, 0.2) is 5.15 Å². The second-order valence-corrected chi connectivity index (χ2v) is 5.69. The summed E-state index contributed by atoms with van der Waals surface area (Å²) in [6, 6.07) is 13.4. The zero-order valence-electron chi connectivity index (χ0n) is 13.0. The van der Waals surface area contributed by atoms with Gasteiger partial charge in [0.1, 0.15) is 11.3 Å². The highest BCUT2D eigenvalue weighted by Crippen LogP contribution is 2.21. The van der Waals surface area contributed by atoms with Crippen LogP contribution in [0.4, 0.5) is 0 Å². The van der Waals surface area contributed by atoms with Crippen LogP contribution in [-0.2, 0) is 0 Å². The van der Waals surface area contributed by atoms with E-state index in [9.17, 15) is 4.79 Å². The summed E-state index contributed by atoms with van der Waals surface area (Å²) in [5, 5.41) is 2.27. The number of pyridine rings is 2. The predicted molar refractivity (Wildman–Crippen MR) is 103 cm³/mol. The lowest BCUT2D eigenvalue weighted by Gasteiger charge is -2.01. The van der Waals surface area contributed by atoms with Crippen molar-refractivity contribution in [2.45, 2.75) is 0 Å². The first-order valence-corrected chi connectivity index (χ1v) is 7.79. The molecule has 0 saturated heterocycles. The molecule has 0 bridgehead atoms. The Bertz CT molecular complexity index is 1100. The highest BCUT2D eigenvalue weighted by molar-refractivity contribution is 6.33. The number of aromatic nitrogens is 3. The zero-order valence-corrected chi connectivity index (χ0v) is 14.5. The maximum atomic E-state index is 12.6. The number of carbonyl (C=O) groups is 1. The van der Waals surface area contributed by atoms with Gasteiger partial charge in [-0.25, -0.2) is 4.98 Å². The van der Waals surface area contributed by atoms with Crippen LogP contribution in [0.5, 0.6) is 0 Å². The first-order valence-electron chi connectivity index (χ1n) is 7.42. The zero-order chi connectivity index (χ0) is 16.5. The summed E-state index contributed by atoms with van der Waals surface area (Å²) in [6.45, 7) is 0. The third kappa shape index (κ3) is 3.14. The van der Waals surface area contributed by atoms with Crippen molar-refractivity contribution in [3.05, 3.63) is 83.5 Å². The summed E-state index contributed by atoms with van der Waals surface area (Å²) in [4.78, 5) is 21.0. The van der Waals surface area contributed by atoms with E-state index in [1.165, 1.54) is 6.08 Å². The molecule has 4 nitrogen and oxygen atoms in total. The SMILES string of the molecule is Cl.O=C(/C=C/c1cncc2ccccc12)c1c(Cl)nc2ccccn12. The van der Waals surface area contributed by atoms with Crippen molar-refractivity contribution in [1.29, 1.82) is 0 Å². The molecule has 6 heteroatoms. The first-order chi connectivity index (χ1) is 11.7. The van der Waals surface area contributed by atoms with Gasteiger partial charge in [0.2, 0.25) is 5.78 Å². The van der Waals surface area contributed by atoms with E-state index in [0.29, 0.717) is 11.3 Å². The fourth-order valence-electron chi connectivity index (χ4n) is 2.70. The van der Waals surface area contributed by atoms with E-state index >= 15 is 0 Å². The molecule has 4 aromatic rings. The number of rotatable bonds is 3. The van der Waals surface area contributed by atoms with Crippen molar-refractivity contribution in [2.24, 2.45) is 0 Å². The second-order valence-electron chi connectivity index (χ2n) is 5.33. The molecule has 0 aliphatic heterocycles. The summed E-state index contributed by atoms with van der Waals surface area (Å²) in [5.41, 5.74) is 1.88. The van der Waals surface area contributed by atoms with Crippen molar-refractivity contribution in [1.82, 2.24) is 14.4 Å². The van der Waals surface area contributed by atoms with Crippen molar-refractivity contribution in [3.8, 4) is 0 Å². The van der Waals surface area contributed by atoms with Crippen molar-refractivity contribution in [2.75, 3.05) is 0 Å². The quantitative estimate of drug-likeness (QED) is 0.382. The lowest BCUT2D eigenvalue weighted by Crippen LogP contribution is -2.00. The van der Waals surface area contributed by atoms with Gasteiger partial charge in [-0.3, -0.25) is 14.2 Å². The molecule has 0 radical (unpaired) electrons. The summed E-state index contributed by atoms with van der Waals surface area (Å²) >= 11 is 6.14. The molecule has 0 spiro atoms. The Labute approximate surface area is 155 Å². The third-order valence-corrected chi connectivity index (χ3v) is 4.10.